The third-order valence-electron chi connectivity index (χ3n) is 3.10. The first kappa shape index (κ1) is 13.8. The first-order valence-electron chi connectivity index (χ1n) is 6.25. The van der Waals surface area contributed by atoms with Gasteiger partial charge in [0.1, 0.15) is 5.82 Å². The van der Waals surface area contributed by atoms with Gasteiger partial charge in [-0.2, -0.15) is 0 Å². The molecule has 1 heterocycles. The number of benzene rings is 1. The molecule has 2 rings (SSSR count). The van der Waals surface area contributed by atoms with Crippen LogP contribution in [0.4, 0.5) is 10.1 Å². The highest BCUT2D eigenvalue weighted by Gasteiger charge is 2.34. The fraction of sp³-hybridized carbons (Fsp3) is 0.500. The number of morpholine rings is 1. The summed E-state index contributed by atoms with van der Waals surface area (Å²) in [5.74, 6) is -1.63. The molecule has 0 bridgehead atoms. The van der Waals surface area contributed by atoms with Gasteiger partial charge in [-0.25, -0.2) is 9.18 Å². The molecule has 1 unspecified atom stereocenters. The van der Waals surface area contributed by atoms with Gasteiger partial charge < -0.3 is 14.7 Å². The van der Waals surface area contributed by atoms with E-state index >= 15 is 0 Å². The molecular formula is C14H18FNO3. The van der Waals surface area contributed by atoms with E-state index in [0.717, 1.165) is 0 Å². The third-order valence-corrected chi connectivity index (χ3v) is 3.10. The van der Waals surface area contributed by atoms with Crippen molar-refractivity contribution in [1.82, 2.24) is 0 Å². The number of carboxylic acid groups (broad SMARTS) is 1. The molecule has 1 N–H and O–H groups in total. The zero-order chi connectivity index (χ0) is 14.2. The summed E-state index contributed by atoms with van der Waals surface area (Å²) < 4.78 is 19.8. The van der Waals surface area contributed by atoms with Crippen molar-refractivity contribution < 1.29 is 19.0 Å². The van der Waals surface area contributed by atoms with Crippen molar-refractivity contribution in [3.63, 3.8) is 0 Å². The Morgan fingerprint density at radius 2 is 2.21 bits per heavy atom. The van der Waals surface area contributed by atoms with Crippen molar-refractivity contribution in [3.05, 3.63) is 29.6 Å². The second-order valence-corrected chi connectivity index (χ2v) is 5.51. The van der Waals surface area contributed by atoms with E-state index in [1.54, 1.807) is 4.90 Å². The standard InChI is InChI=1S/C14H18FNO3/c1-9-7-16(8-14(2,3)19-9)12-10(13(17)18)5-4-6-11(12)15/h4-6,9H,7-8H2,1-3H3,(H,17,18). The van der Waals surface area contributed by atoms with Crippen LogP contribution >= 0.6 is 0 Å². The van der Waals surface area contributed by atoms with Crippen molar-refractivity contribution in [1.29, 1.82) is 0 Å². The smallest absolute Gasteiger partial charge is 0.337 e. The number of hydrogen-bond acceptors (Lipinski definition) is 3. The quantitative estimate of drug-likeness (QED) is 0.894. The number of ether oxygens (including phenoxy) is 1. The van der Waals surface area contributed by atoms with Gasteiger partial charge in [0.2, 0.25) is 0 Å². The Balaban J connectivity index is 2.43. The maximum absolute atomic E-state index is 14.0. The van der Waals surface area contributed by atoms with E-state index < -0.39 is 17.4 Å². The monoisotopic (exact) mass is 267 g/mol. The summed E-state index contributed by atoms with van der Waals surface area (Å²) in [5, 5.41) is 9.19. The van der Waals surface area contributed by atoms with Crippen LogP contribution in [0.25, 0.3) is 0 Å². The van der Waals surface area contributed by atoms with Gasteiger partial charge in [-0.3, -0.25) is 0 Å². The van der Waals surface area contributed by atoms with E-state index in [1.165, 1.54) is 18.2 Å². The van der Waals surface area contributed by atoms with E-state index in [4.69, 9.17) is 4.74 Å². The molecule has 19 heavy (non-hydrogen) atoms. The largest absolute Gasteiger partial charge is 0.478 e. The summed E-state index contributed by atoms with van der Waals surface area (Å²) >= 11 is 0. The predicted molar refractivity (Wildman–Crippen MR) is 70.2 cm³/mol. The normalized spacial score (nSPS) is 22.3. The van der Waals surface area contributed by atoms with Gasteiger partial charge >= 0.3 is 5.97 Å². The van der Waals surface area contributed by atoms with Gasteiger partial charge in [0.05, 0.1) is 23.0 Å². The molecule has 1 aromatic rings. The number of aromatic carboxylic acids is 1. The van der Waals surface area contributed by atoms with Crippen molar-refractivity contribution in [2.24, 2.45) is 0 Å². The second kappa shape index (κ2) is 4.81. The number of carboxylic acids is 1. The van der Waals surface area contributed by atoms with Crippen LogP contribution in [0.15, 0.2) is 18.2 Å². The minimum atomic E-state index is -1.12. The lowest BCUT2D eigenvalue weighted by Crippen LogP contribution is -2.52. The average Bonchev–Trinajstić information content (AvgIpc) is 2.25. The van der Waals surface area contributed by atoms with Gasteiger partial charge in [-0.1, -0.05) is 6.07 Å². The topological polar surface area (TPSA) is 49.8 Å². The number of hydrogen-bond donors (Lipinski definition) is 1. The van der Waals surface area contributed by atoms with Crippen molar-refractivity contribution in [2.45, 2.75) is 32.5 Å². The molecule has 0 aromatic heterocycles. The van der Waals surface area contributed by atoms with Crippen molar-refractivity contribution in [3.8, 4) is 0 Å². The summed E-state index contributed by atoms with van der Waals surface area (Å²) in [5.41, 5.74) is -0.293. The fourth-order valence-electron chi connectivity index (χ4n) is 2.63. The predicted octanol–water partition coefficient (Wildman–Crippen LogP) is 2.53. The molecule has 5 heteroatoms. The Morgan fingerprint density at radius 3 is 2.79 bits per heavy atom. The Labute approximate surface area is 111 Å². The third kappa shape index (κ3) is 2.87. The van der Waals surface area contributed by atoms with Gasteiger partial charge in [-0.15, -0.1) is 0 Å². The molecule has 104 valence electrons. The lowest BCUT2D eigenvalue weighted by Gasteiger charge is -2.43. The van der Waals surface area contributed by atoms with E-state index in [0.29, 0.717) is 13.1 Å². The van der Waals surface area contributed by atoms with Crippen LogP contribution in [0.2, 0.25) is 0 Å². The van der Waals surface area contributed by atoms with Crippen molar-refractivity contribution in [2.75, 3.05) is 18.0 Å². The van der Waals surface area contributed by atoms with Crippen LogP contribution in [0.5, 0.6) is 0 Å². The Hall–Kier alpha value is -1.62. The molecule has 0 radical (unpaired) electrons. The average molecular weight is 267 g/mol. The number of rotatable bonds is 2. The highest BCUT2D eigenvalue weighted by Crippen LogP contribution is 2.30. The van der Waals surface area contributed by atoms with Gasteiger partial charge in [-0.05, 0) is 32.9 Å². The minimum absolute atomic E-state index is 0.00935. The molecule has 0 aliphatic carbocycles. The van der Waals surface area contributed by atoms with Crippen LogP contribution in [-0.2, 0) is 4.74 Å². The second-order valence-electron chi connectivity index (χ2n) is 5.51. The molecule has 1 aliphatic rings. The van der Waals surface area contributed by atoms with Crippen LogP contribution < -0.4 is 4.90 Å². The number of para-hydroxylation sites is 1. The Morgan fingerprint density at radius 1 is 1.53 bits per heavy atom. The van der Waals surface area contributed by atoms with E-state index in [1.807, 2.05) is 20.8 Å². The number of carbonyl (C=O) groups is 1. The molecule has 1 fully saturated rings. The van der Waals surface area contributed by atoms with Crippen LogP contribution in [0, 0.1) is 5.82 Å². The highest BCUT2D eigenvalue weighted by molar-refractivity contribution is 5.94. The highest BCUT2D eigenvalue weighted by atomic mass is 19.1. The lowest BCUT2D eigenvalue weighted by atomic mass is 10.0. The number of nitrogens with zero attached hydrogens (tertiary/aromatic N) is 1. The van der Waals surface area contributed by atoms with E-state index in [9.17, 15) is 14.3 Å². The van der Waals surface area contributed by atoms with Crippen LogP contribution in [-0.4, -0.2) is 35.9 Å². The van der Waals surface area contributed by atoms with Crippen LogP contribution in [0.3, 0.4) is 0 Å². The molecule has 1 aromatic carbocycles. The van der Waals surface area contributed by atoms with Crippen molar-refractivity contribution >= 4 is 11.7 Å². The number of anilines is 1. The summed E-state index contributed by atoms with van der Waals surface area (Å²) in [6.07, 6.45) is -0.0787. The Kier molecular flexibility index (Phi) is 3.49. The van der Waals surface area contributed by atoms with Crippen LogP contribution in [0.1, 0.15) is 31.1 Å². The summed E-state index contributed by atoms with van der Waals surface area (Å²) in [6.45, 7) is 6.66. The zero-order valence-electron chi connectivity index (χ0n) is 11.3. The maximum atomic E-state index is 14.0. The summed E-state index contributed by atoms with van der Waals surface area (Å²) in [7, 11) is 0. The first-order chi connectivity index (χ1) is 8.80. The van der Waals surface area contributed by atoms with E-state index in [-0.39, 0.29) is 17.4 Å². The lowest BCUT2D eigenvalue weighted by molar-refractivity contribution is -0.0751. The minimum Gasteiger partial charge on any atom is -0.478 e. The fourth-order valence-corrected chi connectivity index (χ4v) is 2.63. The van der Waals surface area contributed by atoms with Gasteiger partial charge in [0.25, 0.3) is 0 Å². The van der Waals surface area contributed by atoms with Gasteiger partial charge in [0.15, 0.2) is 0 Å². The molecule has 1 aliphatic heterocycles. The zero-order valence-corrected chi connectivity index (χ0v) is 11.3. The molecule has 4 nitrogen and oxygen atoms in total. The maximum Gasteiger partial charge on any atom is 0.337 e. The summed E-state index contributed by atoms with van der Waals surface area (Å²) in [4.78, 5) is 13.0. The molecule has 1 atom stereocenters. The SMILES string of the molecule is CC1CN(c2c(F)cccc2C(=O)O)CC(C)(C)O1. The first-order valence-corrected chi connectivity index (χ1v) is 6.25. The molecule has 0 saturated carbocycles. The number of halogens is 1. The summed E-state index contributed by atoms with van der Waals surface area (Å²) in [6, 6.07) is 4.13. The Bertz CT molecular complexity index is 501. The molecule has 0 amide bonds. The van der Waals surface area contributed by atoms with E-state index in [2.05, 4.69) is 0 Å². The molecular weight excluding hydrogens is 249 g/mol. The molecule has 0 spiro atoms. The van der Waals surface area contributed by atoms with Gasteiger partial charge in [0, 0.05) is 13.1 Å². The molecule has 1 saturated heterocycles.